The van der Waals surface area contributed by atoms with E-state index in [9.17, 15) is 5.11 Å². The van der Waals surface area contributed by atoms with Crippen molar-refractivity contribution in [3.63, 3.8) is 0 Å². The van der Waals surface area contributed by atoms with Crippen molar-refractivity contribution in [2.24, 2.45) is 0 Å². The van der Waals surface area contributed by atoms with Crippen LogP contribution in [0.2, 0.25) is 0 Å². The monoisotopic (exact) mass is 254 g/mol. The molecule has 0 bridgehead atoms. The second-order valence-corrected chi connectivity index (χ2v) is 6.48. The molecule has 18 heavy (non-hydrogen) atoms. The van der Waals surface area contributed by atoms with Gasteiger partial charge in [0.15, 0.2) is 0 Å². The molecule has 0 aliphatic carbocycles. The van der Waals surface area contributed by atoms with Crippen LogP contribution in [0.4, 0.5) is 0 Å². The minimum atomic E-state index is -0.699. The average molecular weight is 254 g/mol. The van der Waals surface area contributed by atoms with Gasteiger partial charge in [0.25, 0.3) is 0 Å². The SMILES string of the molecule is CCN(Cc1ncc(C(C)(C)C)o1)CC(C)(C)O. The molecule has 1 rings (SSSR count). The van der Waals surface area contributed by atoms with Crippen molar-refractivity contribution in [1.82, 2.24) is 9.88 Å². The van der Waals surface area contributed by atoms with Crippen LogP contribution in [0.1, 0.15) is 53.2 Å². The first-order chi connectivity index (χ1) is 8.12. The number of aromatic nitrogens is 1. The summed E-state index contributed by atoms with van der Waals surface area (Å²) in [6, 6.07) is 0. The van der Waals surface area contributed by atoms with Crippen molar-refractivity contribution in [3.05, 3.63) is 17.8 Å². The fourth-order valence-electron chi connectivity index (χ4n) is 1.75. The van der Waals surface area contributed by atoms with Crippen LogP contribution >= 0.6 is 0 Å². The Morgan fingerprint density at radius 1 is 1.28 bits per heavy atom. The summed E-state index contributed by atoms with van der Waals surface area (Å²) >= 11 is 0. The zero-order valence-corrected chi connectivity index (χ0v) is 12.4. The Morgan fingerprint density at radius 2 is 1.89 bits per heavy atom. The Balaban J connectivity index is 2.68. The predicted octanol–water partition coefficient (Wildman–Crippen LogP) is 2.56. The van der Waals surface area contributed by atoms with Gasteiger partial charge in [0.1, 0.15) is 5.76 Å². The third kappa shape index (κ3) is 4.78. The van der Waals surface area contributed by atoms with Gasteiger partial charge in [0.05, 0.1) is 18.3 Å². The van der Waals surface area contributed by atoms with Crippen LogP contribution in [0.15, 0.2) is 10.6 Å². The Kier molecular flexibility index (Phi) is 4.56. The third-order valence-electron chi connectivity index (χ3n) is 2.71. The average Bonchev–Trinajstić information content (AvgIpc) is 2.62. The zero-order valence-electron chi connectivity index (χ0n) is 12.4. The maximum atomic E-state index is 9.84. The third-order valence-corrected chi connectivity index (χ3v) is 2.71. The maximum Gasteiger partial charge on any atom is 0.208 e. The lowest BCUT2D eigenvalue weighted by Crippen LogP contribution is -2.38. The first-order valence-corrected chi connectivity index (χ1v) is 6.52. The Labute approximate surface area is 110 Å². The molecule has 0 unspecified atom stereocenters. The van der Waals surface area contributed by atoms with Crippen LogP contribution in [0.25, 0.3) is 0 Å². The molecule has 1 N–H and O–H groups in total. The first kappa shape index (κ1) is 15.2. The van der Waals surface area contributed by atoms with Crippen molar-refractivity contribution in [1.29, 1.82) is 0 Å². The summed E-state index contributed by atoms with van der Waals surface area (Å²) in [4.78, 5) is 6.43. The molecule has 104 valence electrons. The fourth-order valence-corrected chi connectivity index (χ4v) is 1.75. The molecule has 1 aromatic heterocycles. The molecular weight excluding hydrogens is 228 g/mol. The van der Waals surface area contributed by atoms with E-state index in [0.717, 1.165) is 12.3 Å². The topological polar surface area (TPSA) is 49.5 Å². The first-order valence-electron chi connectivity index (χ1n) is 6.52. The van der Waals surface area contributed by atoms with E-state index in [-0.39, 0.29) is 5.41 Å². The van der Waals surface area contributed by atoms with Gasteiger partial charge in [-0.2, -0.15) is 0 Å². The molecule has 0 saturated carbocycles. The van der Waals surface area contributed by atoms with Crippen molar-refractivity contribution in [2.45, 2.75) is 59.1 Å². The molecular formula is C14H26N2O2. The summed E-state index contributed by atoms with van der Waals surface area (Å²) in [5.74, 6) is 1.61. The Morgan fingerprint density at radius 3 is 2.28 bits per heavy atom. The molecule has 0 saturated heterocycles. The lowest BCUT2D eigenvalue weighted by Gasteiger charge is -2.26. The van der Waals surface area contributed by atoms with Crippen LogP contribution in [0.5, 0.6) is 0 Å². The van der Waals surface area contributed by atoms with E-state index in [4.69, 9.17) is 4.42 Å². The maximum absolute atomic E-state index is 9.84. The van der Waals surface area contributed by atoms with Crippen LogP contribution in [-0.4, -0.2) is 33.7 Å². The zero-order chi connectivity index (χ0) is 14.0. The van der Waals surface area contributed by atoms with Gasteiger partial charge in [-0.1, -0.05) is 27.7 Å². The molecule has 0 fully saturated rings. The number of hydrogen-bond acceptors (Lipinski definition) is 4. The summed E-state index contributed by atoms with van der Waals surface area (Å²) in [6.45, 7) is 14.1. The molecule has 0 spiro atoms. The number of oxazole rings is 1. The van der Waals surface area contributed by atoms with E-state index < -0.39 is 5.60 Å². The Bertz CT molecular complexity index is 372. The van der Waals surface area contributed by atoms with Gasteiger partial charge in [-0.25, -0.2) is 4.98 Å². The molecule has 4 nitrogen and oxygen atoms in total. The number of rotatable bonds is 5. The van der Waals surface area contributed by atoms with Crippen LogP contribution in [0, 0.1) is 0 Å². The van der Waals surface area contributed by atoms with Gasteiger partial charge in [-0.15, -0.1) is 0 Å². The molecule has 1 aromatic rings. The van der Waals surface area contributed by atoms with Crippen molar-refractivity contribution in [3.8, 4) is 0 Å². The number of nitrogens with zero attached hydrogens (tertiary/aromatic N) is 2. The number of likely N-dealkylation sites (N-methyl/N-ethyl adjacent to an activating group) is 1. The highest BCUT2D eigenvalue weighted by Crippen LogP contribution is 2.23. The molecule has 0 aliphatic heterocycles. The van der Waals surface area contributed by atoms with Gasteiger partial charge in [0, 0.05) is 12.0 Å². The number of hydrogen-bond donors (Lipinski definition) is 1. The largest absolute Gasteiger partial charge is 0.444 e. The molecule has 0 aromatic carbocycles. The van der Waals surface area contributed by atoms with Crippen molar-refractivity contribution >= 4 is 0 Å². The second kappa shape index (κ2) is 5.41. The molecule has 0 radical (unpaired) electrons. The highest BCUT2D eigenvalue weighted by atomic mass is 16.4. The van der Waals surface area contributed by atoms with Crippen LogP contribution in [-0.2, 0) is 12.0 Å². The number of aliphatic hydroxyl groups is 1. The lowest BCUT2D eigenvalue weighted by atomic mass is 9.94. The van der Waals surface area contributed by atoms with Crippen LogP contribution in [0.3, 0.4) is 0 Å². The fraction of sp³-hybridized carbons (Fsp3) is 0.786. The highest BCUT2D eigenvalue weighted by molar-refractivity contribution is 5.06. The molecule has 0 atom stereocenters. The highest BCUT2D eigenvalue weighted by Gasteiger charge is 2.22. The quantitative estimate of drug-likeness (QED) is 0.877. The van der Waals surface area contributed by atoms with Gasteiger partial charge < -0.3 is 9.52 Å². The van der Waals surface area contributed by atoms with Gasteiger partial charge in [-0.3, -0.25) is 4.90 Å². The summed E-state index contributed by atoms with van der Waals surface area (Å²) in [6.07, 6.45) is 1.80. The van der Waals surface area contributed by atoms with Crippen LogP contribution < -0.4 is 0 Å². The van der Waals surface area contributed by atoms with E-state index in [1.54, 1.807) is 6.20 Å². The van der Waals surface area contributed by atoms with Gasteiger partial charge in [-0.05, 0) is 20.4 Å². The van der Waals surface area contributed by atoms with Crippen molar-refractivity contribution in [2.75, 3.05) is 13.1 Å². The summed E-state index contributed by atoms with van der Waals surface area (Å²) in [5, 5.41) is 9.84. The van der Waals surface area contributed by atoms with Gasteiger partial charge >= 0.3 is 0 Å². The molecule has 0 amide bonds. The molecule has 0 aliphatic rings. The lowest BCUT2D eigenvalue weighted by molar-refractivity contribution is 0.0326. The summed E-state index contributed by atoms with van der Waals surface area (Å²) in [7, 11) is 0. The smallest absolute Gasteiger partial charge is 0.208 e. The minimum Gasteiger partial charge on any atom is -0.444 e. The van der Waals surface area contributed by atoms with E-state index in [2.05, 4.69) is 37.6 Å². The predicted molar refractivity (Wildman–Crippen MR) is 72.5 cm³/mol. The normalized spacial score (nSPS) is 13.3. The second-order valence-electron chi connectivity index (χ2n) is 6.48. The minimum absolute atomic E-state index is 0.0153. The van der Waals surface area contributed by atoms with E-state index >= 15 is 0 Å². The molecule has 1 heterocycles. The summed E-state index contributed by atoms with van der Waals surface area (Å²) < 4.78 is 5.76. The Hall–Kier alpha value is -0.870. The summed E-state index contributed by atoms with van der Waals surface area (Å²) in [5.41, 5.74) is -0.714. The van der Waals surface area contributed by atoms with Crippen molar-refractivity contribution < 1.29 is 9.52 Å². The van der Waals surface area contributed by atoms with E-state index in [0.29, 0.717) is 19.0 Å². The molecule has 4 heteroatoms. The van der Waals surface area contributed by atoms with E-state index in [1.165, 1.54) is 0 Å². The van der Waals surface area contributed by atoms with E-state index in [1.807, 2.05) is 13.8 Å². The standard InChI is InChI=1S/C14H26N2O2/c1-7-16(10-14(5,6)17)9-12-15-8-11(18-12)13(2,3)4/h8,17H,7,9-10H2,1-6H3. The van der Waals surface area contributed by atoms with Gasteiger partial charge in [0.2, 0.25) is 5.89 Å².